The molecular formula is C15H31NO3. The molecule has 1 heterocycles. The van der Waals surface area contributed by atoms with E-state index in [0.29, 0.717) is 26.4 Å². The lowest BCUT2D eigenvalue weighted by atomic mass is 9.97. The Morgan fingerprint density at radius 2 is 1.63 bits per heavy atom. The third-order valence-corrected chi connectivity index (χ3v) is 3.46. The summed E-state index contributed by atoms with van der Waals surface area (Å²) in [5.74, 6) is 0.807. The Balaban J connectivity index is 1.71. The number of unbranched alkanes of at least 4 members (excludes halogenated alkanes) is 1. The monoisotopic (exact) mass is 273 g/mol. The van der Waals surface area contributed by atoms with Crippen LogP contribution in [0.25, 0.3) is 0 Å². The number of nitrogens with one attached hydrogen (secondary N) is 1. The number of piperidine rings is 1. The molecule has 1 unspecified atom stereocenters. The van der Waals surface area contributed by atoms with Crippen LogP contribution in [0.15, 0.2) is 0 Å². The first-order valence-electron chi connectivity index (χ1n) is 7.87. The van der Waals surface area contributed by atoms with Crippen molar-refractivity contribution in [1.29, 1.82) is 0 Å². The van der Waals surface area contributed by atoms with E-state index in [2.05, 4.69) is 12.2 Å². The maximum Gasteiger partial charge on any atom is 0.0701 e. The number of hydrogen-bond donors (Lipinski definition) is 1. The van der Waals surface area contributed by atoms with Gasteiger partial charge in [0.15, 0.2) is 0 Å². The summed E-state index contributed by atoms with van der Waals surface area (Å²) in [6.45, 7) is 9.00. The topological polar surface area (TPSA) is 39.7 Å². The molecule has 1 rings (SSSR count). The second-order valence-electron chi connectivity index (χ2n) is 5.19. The van der Waals surface area contributed by atoms with Crippen LogP contribution in [0.2, 0.25) is 0 Å². The Labute approximate surface area is 118 Å². The van der Waals surface area contributed by atoms with E-state index in [1.165, 1.54) is 32.2 Å². The zero-order valence-electron chi connectivity index (χ0n) is 12.5. The van der Waals surface area contributed by atoms with Gasteiger partial charge in [0.05, 0.1) is 26.4 Å². The van der Waals surface area contributed by atoms with Crippen molar-refractivity contribution < 1.29 is 14.2 Å². The second-order valence-corrected chi connectivity index (χ2v) is 5.19. The van der Waals surface area contributed by atoms with Gasteiger partial charge in [0, 0.05) is 13.2 Å². The summed E-state index contributed by atoms with van der Waals surface area (Å²) in [6.07, 6.45) is 6.16. The van der Waals surface area contributed by atoms with Gasteiger partial charge in [0.2, 0.25) is 0 Å². The van der Waals surface area contributed by atoms with Gasteiger partial charge >= 0.3 is 0 Å². The Bertz CT molecular complexity index is 184. The molecule has 1 saturated heterocycles. The Hall–Kier alpha value is -0.160. The Morgan fingerprint density at radius 1 is 0.947 bits per heavy atom. The highest BCUT2D eigenvalue weighted by atomic mass is 16.5. The fraction of sp³-hybridized carbons (Fsp3) is 1.00. The fourth-order valence-corrected chi connectivity index (χ4v) is 2.21. The van der Waals surface area contributed by atoms with Crippen LogP contribution < -0.4 is 5.32 Å². The first kappa shape index (κ1) is 16.9. The van der Waals surface area contributed by atoms with Gasteiger partial charge in [-0.2, -0.15) is 0 Å². The van der Waals surface area contributed by atoms with E-state index in [-0.39, 0.29) is 0 Å². The molecule has 1 N–H and O–H groups in total. The van der Waals surface area contributed by atoms with Crippen molar-refractivity contribution >= 4 is 0 Å². The zero-order chi connectivity index (χ0) is 13.6. The average Bonchev–Trinajstić information content (AvgIpc) is 2.46. The minimum atomic E-state index is 0.680. The molecule has 4 nitrogen and oxygen atoms in total. The molecule has 0 radical (unpaired) electrons. The zero-order valence-corrected chi connectivity index (χ0v) is 12.5. The quantitative estimate of drug-likeness (QED) is 0.554. The van der Waals surface area contributed by atoms with E-state index in [1.807, 2.05) is 0 Å². The Morgan fingerprint density at radius 3 is 2.26 bits per heavy atom. The van der Waals surface area contributed by atoms with Gasteiger partial charge in [-0.3, -0.25) is 0 Å². The van der Waals surface area contributed by atoms with Crippen molar-refractivity contribution in [1.82, 2.24) is 5.32 Å². The van der Waals surface area contributed by atoms with Crippen LogP contribution in [0.4, 0.5) is 0 Å². The Kier molecular flexibility index (Phi) is 11.4. The van der Waals surface area contributed by atoms with Gasteiger partial charge in [-0.25, -0.2) is 0 Å². The molecule has 0 spiro atoms. The van der Waals surface area contributed by atoms with Crippen molar-refractivity contribution in [3.8, 4) is 0 Å². The summed E-state index contributed by atoms with van der Waals surface area (Å²) >= 11 is 0. The molecule has 0 aromatic carbocycles. The van der Waals surface area contributed by atoms with Crippen LogP contribution in [0.1, 0.15) is 39.0 Å². The van der Waals surface area contributed by atoms with Crippen LogP contribution in [0, 0.1) is 5.92 Å². The van der Waals surface area contributed by atoms with Gasteiger partial charge in [-0.05, 0) is 44.7 Å². The van der Waals surface area contributed by atoms with Crippen LogP contribution in [0.5, 0.6) is 0 Å². The lowest BCUT2D eigenvalue weighted by Gasteiger charge is -2.22. The molecule has 0 aromatic rings. The molecule has 4 heteroatoms. The summed E-state index contributed by atoms with van der Waals surface area (Å²) in [7, 11) is 0. The summed E-state index contributed by atoms with van der Waals surface area (Å²) in [6, 6.07) is 0. The molecule has 0 saturated carbocycles. The largest absolute Gasteiger partial charge is 0.379 e. The van der Waals surface area contributed by atoms with Crippen molar-refractivity contribution in [3.05, 3.63) is 0 Å². The van der Waals surface area contributed by atoms with Crippen molar-refractivity contribution in [3.63, 3.8) is 0 Å². The van der Waals surface area contributed by atoms with E-state index in [9.17, 15) is 0 Å². The predicted octanol–water partition coefficient (Wildman–Crippen LogP) is 2.23. The molecule has 1 fully saturated rings. The molecule has 0 bridgehead atoms. The lowest BCUT2D eigenvalue weighted by molar-refractivity contribution is 0.0114. The van der Waals surface area contributed by atoms with E-state index < -0.39 is 0 Å². The predicted molar refractivity (Wildman–Crippen MR) is 77.6 cm³/mol. The third kappa shape index (κ3) is 10.3. The van der Waals surface area contributed by atoms with Gasteiger partial charge < -0.3 is 19.5 Å². The van der Waals surface area contributed by atoms with Gasteiger partial charge in [0.1, 0.15) is 0 Å². The minimum absolute atomic E-state index is 0.680. The molecule has 1 aliphatic rings. The molecular weight excluding hydrogens is 242 g/mol. The summed E-state index contributed by atoms with van der Waals surface area (Å²) < 4.78 is 16.4. The minimum Gasteiger partial charge on any atom is -0.379 e. The van der Waals surface area contributed by atoms with E-state index in [0.717, 1.165) is 32.1 Å². The molecule has 0 aromatic heterocycles. The standard InChI is InChI=1S/C15H31NO3/c1-2-3-8-17-10-12-19-13-11-18-9-6-15-5-4-7-16-14-15/h15-16H,2-14H2,1H3. The molecule has 1 atom stereocenters. The highest BCUT2D eigenvalue weighted by Gasteiger charge is 2.11. The highest BCUT2D eigenvalue weighted by Crippen LogP contribution is 2.13. The summed E-state index contributed by atoms with van der Waals surface area (Å²) in [4.78, 5) is 0. The first-order chi connectivity index (χ1) is 9.43. The van der Waals surface area contributed by atoms with Crippen LogP contribution in [-0.4, -0.2) is 52.7 Å². The molecule has 0 aliphatic carbocycles. The lowest BCUT2D eigenvalue weighted by Crippen LogP contribution is -2.30. The van der Waals surface area contributed by atoms with E-state index in [1.54, 1.807) is 0 Å². The van der Waals surface area contributed by atoms with Gasteiger partial charge in [-0.15, -0.1) is 0 Å². The van der Waals surface area contributed by atoms with Gasteiger partial charge in [0.25, 0.3) is 0 Å². The molecule has 19 heavy (non-hydrogen) atoms. The van der Waals surface area contributed by atoms with Crippen molar-refractivity contribution in [2.45, 2.75) is 39.0 Å². The average molecular weight is 273 g/mol. The molecule has 1 aliphatic heterocycles. The van der Waals surface area contributed by atoms with Crippen LogP contribution in [-0.2, 0) is 14.2 Å². The third-order valence-electron chi connectivity index (χ3n) is 3.46. The second kappa shape index (κ2) is 12.9. The molecule has 0 amide bonds. The number of rotatable bonds is 12. The molecule has 114 valence electrons. The van der Waals surface area contributed by atoms with E-state index in [4.69, 9.17) is 14.2 Å². The van der Waals surface area contributed by atoms with Gasteiger partial charge in [-0.1, -0.05) is 13.3 Å². The smallest absolute Gasteiger partial charge is 0.0701 e. The van der Waals surface area contributed by atoms with Crippen LogP contribution in [0.3, 0.4) is 0 Å². The summed E-state index contributed by atoms with van der Waals surface area (Å²) in [5, 5.41) is 3.43. The fourth-order valence-electron chi connectivity index (χ4n) is 2.21. The normalized spacial score (nSPS) is 19.7. The summed E-state index contributed by atoms with van der Waals surface area (Å²) in [5.41, 5.74) is 0. The number of hydrogen-bond acceptors (Lipinski definition) is 4. The number of ether oxygens (including phenoxy) is 3. The van der Waals surface area contributed by atoms with E-state index >= 15 is 0 Å². The van der Waals surface area contributed by atoms with Crippen LogP contribution >= 0.6 is 0 Å². The maximum atomic E-state index is 5.59. The van der Waals surface area contributed by atoms with Crippen molar-refractivity contribution in [2.24, 2.45) is 5.92 Å². The maximum absolute atomic E-state index is 5.59. The SMILES string of the molecule is CCCCOCCOCCOCCC1CCCNC1. The first-order valence-corrected chi connectivity index (χ1v) is 7.87. The highest BCUT2D eigenvalue weighted by molar-refractivity contribution is 4.68. The van der Waals surface area contributed by atoms with Crippen molar-refractivity contribution in [2.75, 3.05) is 52.7 Å².